The SMILES string of the molecule is NC(=O)Nc1c(C(N)=O)c2ccccc2n1-c1ccccc1[N+](=O)[O-]. The lowest BCUT2D eigenvalue weighted by molar-refractivity contribution is -0.384. The van der Waals surface area contributed by atoms with Gasteiger partial charge in [0.05, 0.1) is 16.0 Å². The van der Waals surface area contributed by atoms with Crippen LogP contribution >= 0.6 is 0 Å². The van der Waals surface area contributed by atoms with Crippen molar-refractivity contribution in [1.29, 1.82) is 0 Å². The van der Waals surface area contributed by atoms with E-state index in [-0.39, 0.29) is 22.8 Å². The van der Waals surface area contributed by atoms with Crippen molar-refractivity contribution in [1.82, 2.24) is 4.57 Å². The molecule has 2 aromatic carbocycles. The molecule has 0 spiro atoms. The van der Waals surface area contributed by atoms with Crippen molar-refractivity contribution in [2.75, 3.05) is 5.32 Å². The molecule has 3 rings (SSSR count). The van der Waals surface area contributed by atoms with E-state index >= 15 is 0 Å². The summed E-state index contributed by atoms with van der Waals surface area (Å²) in [6, 6.07) is 11.7. The standard InChI is InChI=1S/C16H13N5O4/c17-14(22)13-9-5-1-2-6-10(9)20(15(13)19-16(18)23)11-7-3-4-8-12(11)21(24)25/h1-8H,(H2,17,22)(H3,18,19,23). The monoisotopic (exact) mass is 339 g/mol. The lowest BCUT2D eigenvalue weighted by Gasteiger charge is -2.12. The number of nitrogens with zero attached hydrogens (tertiary/aromatic N) is 2. The first kappa shape index (κ1) is 16.0. The highest BCUT2D eigenvalue weighted by Gasteiger charge is 2.26. The van der Waals surface area contributed by atoms with E-state index in [9.17, 15) is 19.7 Å². The van der Waals surface area contributed by atoms with Crippen LogP contribution in [-0.2, 0) is 0 Å². The molecule has 1 aromatic heterocycles. The Morgan fingerprint density at radius 1 is 1.04 bits per heavy atom. The normalized spacial score (nSPS) is 10.6. The minimum absolute atomic E-state index is 0.0181. The van der Waals surface area contributed by atoms with Crippen LogP contribution in [0.1, 0.15) is 10.4 Å². The highest BCUT2D eigenvalue weighted by Crippen LogP contribution is 2.36. The average molecular weight is 339 g/mol. The molecule has 9 nitrogen and oxygen atoms in total. The third-order valence-electron chi connectivity index (χ3n) is 3.68. The molecule has 0 aliphatic heterocycles. The molecule has 3 amide bonds. The van der Waals surface area contributed by atoms with Crippen LogP contribution < -0.4 is 16.8 Å². The molecular formula is C16H13N5O4. The molecule has 0 radical (unpaired) electrons. The van der Waals surface area contributed by atoms with E-state index in [0.717, 1.165) is 0 Å². The predicted molar refractivity (Wildman–Crippen MR) is 91.7 cm³/mol. The summed E-state index contributed by atoms with van der Waals surface area (Å²) in [5, 5.41) is 14.2. The van der Waals surface area contributed by atoms with Crippen LogP contribution in [0, 0.1) is 10.1 Å². The van der Waals surface area contributed by atoms with E-state index in [1.807, 2.05) is 0 Å². The average Bonchev–Trinajstić information content (AvgIpc) is 2.87. The molecule has 9 heteroatoms. The van der Waals surface area contributed by atoms with Gasteiger partial charge in [-0.2, -0.15) is 0 Å². The summed E-state index contributed by atoms with van der Waals surface area (Å²) in [4.78, 5) is 34.2. The Kier molecular flexibility index (Phi) is 3.82. The fraction of sp³-hybridized carbons (Fsp3) is 0. The molecular weight excluding hydrogens is 326 g/mol. The molecule has 126 valence electrons. The Labute approximate surface area is 141 Å². The molecule has 0 aliphatic carbocycles. The number of para-hydroxylation sites is 3. The first-order valence-electron chi connectivity index (χ1n) is 7.15. The van der Waals surface area contributed by atoms with Crippen LogP contribution in [0.25, 0.3) is 16.6 Å². The van der Waals surface area contributed by atoms with Crippen LogP contribution in [0.4, 0.5) is 16.3 Å². The number of primary amides is 2. The topological polar surface area (TPSA) is 146 Å². The number of anilines is 1. The largest absolute Gasteiger partial charge is 0.365 e. The Bertz CT molecular complexity index is 1020. The number of benzene rings is 2. The second-order valence-corrected chi connectivity index (χ2v) is 5.18. The quantitative estimate of drug-likeness (QED) is 0.493. The smallest absolute Gasteiger partial charge is 0.317 e. The van der Waals surface area contributed by atoms with Crippen molar-refractivity contribution in [3.63, 3.8) is 0 Å². The number of hydrogen-bond donors (Lipinski definition) is 3. The minimum atomic E-state index is -0.926. The third-order valence-corrected chi connectivity index (χ3v) is 3.68. The van der Waals surface area contributed by atoms with Gasteiger partial charge in [-0.05, 0) is 12.1 Å². The molecule has 0 atom stereocenters. The summed E-state index contributed by atoms with van der Waals surface area (Å²) >= 11 is 0. The molecule has 0 saturated carbocycles. The van der Waals surface area contributed by atoms with Gasteiger partial charge >= 0.3 is 6.03 Å². The van der Waals surface area contributed by atoms with Crippen LogP contribution in [0.15, 0.2) is 48.5 Å². The minimum Gasteiger partial charge on any atom is -0.365 e. The van der Waals surface area contributed by atoms with Crippen LogP contribution in [-0.4, -0.2) is 21.4 Å². The fourth-order valence-corrected chi connectivity index (χ4v) is 2.78. The van der Waals surface area contributed by atoms with E-state index in [1.54, 1.807) is 30.3 Å². The van der Waals surface area contributed by atoms with Gasteiger partial charge in [-0.1, -0.05) is 30.3 Å². The number of carbonyl (C=O) groups excluding carboxylic acids is 2. The van der Waals surface area contributed by atoms with Gasteiger partial charge in [-0.15, -0.1) is 0 Å². The first-order valence-corrected chi connectivity index (χ1v) is 7.15. The maximum atomic E-state index is 12.0. The van der Waals surface area contributed by atoms with Gasteiger partial charge in [-0.3, -0.25) is 24.8 Å². The summed E-state index contributed by atoms with van der Waals surface area (Å²) in [6.07, 6.45) is 0. The lowest BCUT2D eigenvalue weighted by atomic mass is 10.1. The molecule has 1 heterocycles. The maximum Gasteiger partial charge on any atom is 0.317 e. The molecule has 0 bridgehead atoms. The number of carbonyl (C=O) groups is 2. The summed E-state index contributed by atoms with van der Waals surface area (Å²) in [6.45, 7) is 0. The molecule has 5 N–H and O–H groups in total. The van der Waals surface area contributed by atoms with Gasteiger partial charge in [0.25, 0.3) is 11.6 Å². The van der Waals surface area contributed by atoms with Gasteiger partial charge in [0.2, 0.25) is 0 Å². The number of urea groups is 1. The van der Waals surface area contributed by atoms with E-state index in [4.69, 9.17) is 11.5 Å². The van der Waals surface area contributed by atoms with Gasteiger partial charge in [0, 0.05) is 11.5 Å². The summed E-state index contributed by atoms with van der Waals surface area (Å²) in [7, 11) is 0. The highest BCUT2D eigenvalue weighted by molar-refractivity contribution is 6.14. The summed E-state index contributed by atoms with van der Waals surface area (Å²) < 4.78 is 1.39. The number of nitrogens with one attached hydrogen (secondary N) is 1. The van der Waals surface area contributed by atoms with Crippen LogP contribution in [0.3, 0.4) is 0 Å². The van der Waals surface area contributed by atoms with E-state index in [0.29, 0.717) is 10.9 Å². The Morgan fingerprint density at radius 2 is 1.68 bits per heavy atom. The number of amides is 3. The maximum absolute atomic E-state index is 12.0. The number of nitro benzene ring substituents is 1. The number of hydrogen-bond acceptors (Lipinski definition) is 4. The number of nitrogens with two attached hydrogens (primary N) is 2. The Morgan fingerprint density at radius 3 is 2.32 bits per heavy atom. The summed E-state index contributed by atoms with van der Waals surface area (Å²) in [5.41, 5.74) is 11.1. The second-order valence-electron chi connectivity index (χ2n) is 5.18. The zero-order chi connectivity index (χ0) is 18.1. The van der Waals surface area contributed by atoms with E-state index < -0.39 is 16.9 Å². The van der Waals surface area contributed by atoms with Crippen molar-refractivity contribution in [2.45, 2.75) is 0 Å². The molecule has 0 saturated heterocycles. The van der Waals surface area contributed by atoms with Crippen molar-refractivity contribution in [2.24, 2.45) is 11.5 Å². The number of rotatable bonds is 4. The van der Waals surface area contributed by atoms with Gasteiger partial charge in [0.1, 0.15) is 11.5 Å². The van der Waals surface area contributed by atoms with Crippen LogP contribution in [0.5, 0.6) is 0 Å². The third kappa shape index (κ3) is 2.63. The van der Waals surface area contributed by atoms with Crippen molar-refractivity contribution in [3.05, 3.63) is 64.2 Å². The molecule has 0 fully saturated rings. The molecule has 3 aromatic rings. The molecule has 0 unspecified atom stereocenters. The van der Waals surface area contributed by atoms with Crippen molar-refractivity contribution in [3.8, 4) is 5.69 Å². The van der Waals surface area contributed by atoms with E-state index in [2.05, 4.69) is 5.32 Å². The zero-order valence-corrected chi connectivity index (χ0v) is 12.8. The first-order chi connectivity index (χ1) is 11.9. The number of fused-ring (bicyclic) bond motifs is 1. The van der Waals surface area contributed by atoms with E-state index in [1.165, 1.54) is 22.8 Å². The highest BCUT2D eigenvalue weighted by atomic mass is 16.6. The molecule has 0 aliphatic rings. The van der Waals surface area contributed by atoms with Crippen molar-refractivity contribution < 1.29 is 14.5 Å². The van der Waals surface area contributed by atoms with Crippen molar-refractivity contribution >= 4 is 34.3 Å². The van der Waals surface area contributed by atoms with Gasteiger partial charge in [0.15, 0.2) is 0 Å². The van der Waals surface area contributed by atoms with Gasteiger partial charge < -0.3 is 11.5 Å². The zero-order valence-electron chi connectivity index (χ0n) is 12.8. The van der Waals surface area contributed by atoms with Crippen LogP contribution in [0.2, 0.25) is 0 Å². The molecule has 25 heavy (non-hydrogen) atoms. The predicted octanol–water partition coefficient (Wildman–Crippen LogP) is 2.13. The second kappa shape index (κ2) is 5.96. The summed E-state index contributed by atoms with van der Waals surface area (Å²) in [5.74, 6) is -0.812. The number of aromatic nitrogens is 1. The Balaban J connectivity index is 2.48. The fourth-order valence-electron chi connectivity index (χ4n) is 2.78. The van der Waals surface area contributed by atoms with Gasteiger partial charge in [-0.25, -0.2) is 4.79 Å². The Hall–Kier alpha value is -3.88. The number of nitro groups is 1. The lowest BCUT2D eigenvalue weighted by Crippen LogP contribution is -2.24.